The molecule has 1 saturated heterocycles. The Bertz CT molecular complexity index is 1450. The van der Waals surface area contributed by atoms with Crippen LogP contribution in [0.5, 0.6) is 11.8 Å². The van der Waals surface area contributed by atoms with Gasteiger partial charge in [-0.05, 0) is 25.0 Å². The van der Waals surface area contributed by atoms with E-state index in [4.69, 9.17) is 15.5 Å². The number of amides is 1. The minimum atomic E-state index is -0.423. The minimum Gasteiger partial charge on any atom is -0.421 e. The molecule has 0 spiro atoms. The zero-order valence-electron chi connectivity index (χ0n) is 21.2. The van der Waals surface area contributed by atoms with Crippen LogP contribution in [0.15, 0.2) is 24.5 Å². The van der Waals surface area contributed by atoms with E-state index in [0.717, 1.165) is 0 Å². The number of aromatic nitrogens is 5. The maximum absolute atomic E-state index is 14.6. The van der Waals surface area contributed by atoms with Crippen molar-refractivity contribution in [2.45, 2.75) is 26.8 Å². The molecule has 2 unspecified atom stereocenters. The molecule has 12 heteroatoms. The number of carbonyl (C=O) groups excluding carboxylic acids is 1. The van der Waals surface area contributed by atoms with Crippen LogP contribution in [0.2, 0.25) is 0 Å². The molecule has 1 aliphatic rings. The Hall–Kier alpha value is -4.06. The number of halogens is 1. The van der Waals surface area contributed by atoms with E-state index in [9.17, 15) is 9.18 Å². The van der Waals surface area contributed by atoms with Crippen LogP contribution in [0, 0.1) is 24.6 Å². The number of aromatic amines is 1. The van der Waals surface area contributed by atoms with E-state index in [1.165, 1.54) is 24.5 Å². The maximum atomic E-state index is 14.6. The number of rotatable bonds is 7. The Morgan fingerprint density at radius 3 is 2.73 bits per heavy atom. The van der Waals surface area contributed by atoms with Crippen molar-refractivity contribution in [3.63, 3.8) is 0 Å². The lowest BCUT2D eigenvalue weighted by Crippen LogP contribution is -2.42. The summed E-state index contributed by atoms with van der Waals surface area (Å²) in [5.41, 5.74) is 8.15. The smallest absolute Gasteiger partial charge is 0.326 e. The van der Waals surface area contributed by atoms with Crippen LogP contribution in [0.4, 0.5) is 15.9 Å². The fourth-order valence-corrected chi connectivity index (χ4v) is 4.55. The summed E-state index contributed by atoms with van der Waals surface area (Å²) in [7, 11) is 1.72. The van der Waals surface area contributed by atoms with Gasteiger partial charge >= 0.3 is 6.01 Å². The van der Waals surface area contributed by atoms with Gasteiger partial charge in [-0.1, -0.05) is 13.8 Å². The van der Waals surface area contributed by atoms with Gasteiger partial charge in [-0.25, -0.2) is 14.4 Å². The van der Waals surface area contributed by atoms with Crippen molar-refractivity contribution < 1.29 is 13.9 Å². The van der Waals surface area contributed by atoms with Crippen LogP contribution in [0.1, 0.15) is 19.7 Å². The summed E-state index contributed by atoms with van der Waals surface area (Å²) in [6, 6.07) is 2.52. The molecule has 1 fully saturated rings. The molecule has 0 saturated carbocycles. The van der Waals surface area contributed by atoms with Crippen molar-refractivity contribution in [2.24, 2.45) is 17.6 Å². The predicted molar refractivity (Wildman–Crippen MR) is 139 cm³/mol. The quantitative estimate of drug-likeness (QED) is 0.296. The molecular formula is C25H30FN9O2. The van der Waals surface area contributed by atoms with Crippen LogP contribution >= 0.6 is 0 Å². The largest absolute Gasteiger partial charge is 0.421 e. The molecule has 5 N–H and O–H groups in total. The standard InChI is InChI=1S/C25H30FN9O2/c1-12(2)7-31-24(36)17-10-35(11-18(17)27)23-20-16-5-14(26)6-19(28-4)21(16)32-22(20)33-25(34-23)37-15-8-29-13(3)30-9-15/h5-6,8-9,12,17-18,28H,7,10-11,27H2,1-4H3,(H,31,36)(H,32,33,34). The third-order valence-corrected chi connectivity index (χ3v) is 6.41. The van der Waals surface area contributed by atoms with Gasteiger partial charge in [0.2, 0.25) is 5.91 Å². The van der Waals surface area contributed by atoms with E-state index in [2.05, 4.69) is 30.6 Å². The third kappa shape index (κ3) is 4.84. The number of H-pyrrole nitrogens is 1. The Morgan fingerprint density at radius 2 is 2.03 bits per heavy atom. The zero-order valence-corrected chi connectivity index (χ0v) is 21.2. The molecule has 1 amide bonds. The molecule has 0 aliphatic carbocycles. The highest BCUT2D eigenvalue weighted by Gasteiger charge is 2.37. The normalized spacial score (nSPS) is 17.6. The Morgan fingerprint density at radius 1 is 1.27 bits per heavy atom. The van der Waals surface area contributed by atoms with E-state index in [-0.39, 0.29) is 11.9 Å². The van der Waals surface area contributed by atoms with E-state index in [1.54, 1.807) is 14.0 Å². The summed E-state index contributed by atoms with van der Waals surface area (Å²) >= 11 is 0. The van der Waals surface area contributed by atoms with Gasteiger partial charge in [0.05, 0.1) is 34.9 Å². The van der Waals surface area contributed by atoms with Crippen LogP contribution in [0.25, 0.3) is 21.9 Å². The van der Waals surface area contributed by atoms with Gasteiger partial charge in [-0.15, -0.1) is 0 Å². The molecule has 4 heterocycles. The third-order valence-electron chi connectivity index (χ3n) is 6.41. The Kier molecular flexibility index (Phi) is 6.50. The second-order valence-corrected chi connectivity index (χ2v) is 9.69. The average molecular weight is 508 g/mol. The molecule has 5 rings (SSSR count). The second-order valence-electron chi connectivity index (χ2n) is 9.69. The highest BCUT2D eigenvalue weighted by molar-refractivity contribution is 6.14. The summed E-state index contributed by atoms with van der Waals surface area (Å²) in [5, 5.41) is 7.23. The molecule has 3 aromatic heterocycles. The number of nitrogens with one attached hydrogen (secondary N) is 3. The summed E-state index contributed by atoms with van der Waals surface area (Å²) in [6.07, 6.45) is 3.08. The molecule has 11 nitrogen and oxygen atoms in total. The topological polar surface area (TPSA) is 147 Å². The Labute approximate surface area is 213 Å². The second kappa shape index (κ2) is 9.77. The average Bonchev–Trinajstić information content (AvgIpc) is 3.43. The van der Waals surface area contributed by atoms with E-state index >= 15 is 0 Å². The summed E-state index contributed by atoms with van der Waals surface area (Å²) in [6.45, 7) is 7.16. The minimum absolute atomic E-state index is 0.0641. The molecule has 1 aromatic carbocycles. The number of hydrogen-bond acceptors (Lipinski definition) is 9. The number of fused-ring (bicyclic) bond motifs is 3. The fourth-order valence-electron chi connectivity index (χ4n) is 4.55. The lowest BCUT2D eigenvalue weighted by Gasteiger charge is -2.19. The van der Waals surface area contributed by atoms with Gasteiger partial charge in [0.15, 0.2) is 5.75 Å². The SMILES string of the molecule is CNc1cc(F)cc2c1[nH]c1nc(Oc3cnc(C)nc3)nc(N3CC(N)C(C(=O)NCC(C)C)C3)c12. The first-order chi connectivity index (χ1) is 17.7. The molecule has 0 bridgehead atoms. The van der Waals surface area contributed by atoms with Crippen molar-refractivity contribution in [1.82, 2.24) is 30.2 Å². The van der Waals surface area contributed by atoms with Gasteiger partial charge in [-0.3, -0.25) is 4.79 Å². The Balaban J connectivity index is 1.60. The van der Waals surface area contributed by atoms with Crippen molar-refractivity contribution >= 4 is 39.3 Å². The van der Waals surface area contributed by atoms with Gasteiger partial charge in [0.1, 0.15) is 23.1 Å². The first-order valence-electron chi connectivity index (χ1n) is 12.2. The van der Waals surface area contributed by atoms with Crippen LogP contribution in [-0.2, 0) is 4.79 Å². The summed E-state index contributed by atoms with van der Waals surface area (Å²) < 4.78 is 20.4. The number of anilines is 2. The first-order valence-corrected chi connectivity index (χ1v) is 12.2. The number of nitrogens with two attached hydrogens (primary N) is 1. The van der Waals surface area contributed by atoms with Crippen LogP contribution < -0.4 is 26.0 Å². The molecular weight excluding hydrogens is 477 g/mol. The summed E-state index contributed by atoms with van der Waals surface area (Å²) in [5.74, 6) is 0.893. The highest BCUT2D eigenvalue weighted by atomic mass is 19.1. The first kappa shape index (κ1) is 24.6. The molecule has 2 atom stereocenters. The number of carbonyl (C=O) groups is 1. The lowest BCUT2D eigenvalue weighted by molar-refractivity contribution is -0.124. The zero-order chi connectivity index (χ0) is 26.3. The summed E-state index contributed by atoms with van der Waals surface area (Å²) in [4.78, 5) is 35.6. The highest BCUT2D eigenvalue weighted by Crippen LogP contribution is 2.38. The van der Waals surface area contributed by atoms with E-state index < -0.39 is 17.8 Å². The van der Waals surface area contributed by atoms with Gasteiger partial charge in [0, 0.05) is 38.1 Å². The molecule has 0 radical (unpaired) electrons. The van der Waals surface area contributed by atoms with Crippen molar-refractivity contribution in [3.05, 3.63) is 36.2 Å². The molecule has 1 aliphatic heterocycles. The van der Waals surface area contributed by atoms with Gasteiger partial charge in [0.25, 0.3) is 0 Å². The molecule has 37 heavy (non-hydrogen) atoms. The van der Waals surface area contributed by atoms with Gasteiger partial charge < -0.3 is 31.0 Å². The van der Waals surface area contributed by atoms with Crippen molar-refractivity contribution in [2.75, 3.05) is 36.9 Å². The van der Waals surface area contributed by atoms with Crippen LogP contribution in [0.3, 0.4) is 0 Å². The van der Waals surface area contributed by atoms with Crippen LogP contribution in [-0.4, -0.2) is 63.6 Å². The number of ether oxygens (including phenoxy) is 1. The number of benzene rings is 1. The lowest BCUT2D eigenvalue weighted by atomic mass is 10.0. The van der Waals surface area contributed by atoms with E-state index in [0.29, 0.717) is 70.6 Å². The molecule has 194 valence electrons. The number of nitrogens with zero attached hydrogens (tertiary/aromatic N) is 5. The van der Waals surface area contributed by atoms with Crippen molar-refractivity contribution in [3.8, 4) is 11.8 Å². The monoisotopic (exact) mass is 507 g/mol. The molecule has 4 aromatic rings. The predicted octanol–water partition coefficient (Wildman–Crippen LogP) is 2.72. The number of aryl methyl sites for hydroxylation is 1. The number of hydrogen-bond donors (Lipinski definition) is 4. The maximum Gasteiger partial charge on any atom is 0.326 e. The fraction of sp³-hybridized carbons (Fsp3) is 0.400. The van der Waals surface area contributed by atoms with Gasteiger partial charge in [-0.2, -0.15) is 9.97 Å². The van der Waals surface area contributed by atoms with E-state index in [1.807, 2.05) is 18.7 Å². The van der Waals surface area contributed by atoms with Crippen molar-refractivity contribution in [1.29, 1.82) is 0 Å².